The van der Waals surface area contributed by atoms with Crippen LogP contribution in [0.15, 0.2) is 42.5 Å². The van der Waals surface area contributed by atoms with Gasteiger partial charge in [0.15, 0.2) is 0 Å². The molecular formula is C15H12FNO. The fourth-order valence-electron chi connectivity index (χ4n) is 2.27. The van der Waals surface area contributed by atoms with Crippen molar-refractivity contribution < 1.29 is 9.18 Å². The van der Waals surface area contributed by atoms with Gasteiger partial charge in [-0.3, -0.25) is 9.69 Å². The zero-order valence-corrected chi connectivity index (χ0v) is 9.98. The van der Waals surface area contributed by atoms with Crippen LogP contribution in [-0.4, -0.2) is 5.91 Å². The van der Waals surface area contributed by atoms with E-state index in [1.54, 1.807) is 11.0 Å². The second-order valence-electron chi connectivity index (χ2n) is 4.51. The molecule has 1 aliphatic heterocycles. The van der Waals surface area contributed by atoms with Crippen molar-refractivity contribution in [2.45, 2.75) is 13.3 Å². The molecule has 0 unspecified atom stereocenters. The number of aryl methyl sites for hydroxylation is 1. The summed E-state index contributed by atoms with van der Waals surface area (Å²) in [5, 5.41) is 0. The number of amides is 1. The second kappa shape index (κ2) is 3.95. The number of rotatable bonds is 1. The summed E-state index contributed by atoms with van der Waals surface area (Å²) < 4.78 is 13.1. The monoisotopic (exact) mass is 241 g/mol. The van der Waals surface area contributed by atoms with E-state index >= 15 is 0 Å². The molecule has 3 rings (SSSR count). The van der Waals surface area contributed by atoms with Crippen LogP contribution >= 0.6 is 0 Å². The average Bonchev–Trinajstić information content (AvgIpc) is 2.65. The molecule has 2 aromatic carbocycles. The number of carbonyl (C=O) groups is 1. The highest BCUT2D eigenvalue weighted by Crippen LogP contribution is 2.35. The smallest absolute Gasteiger partial charge is 0.236 e. The largest absolute Gasteiger partial charge is 0.280 e. The number of hydrogen-bond acceptors (Lipinski definition) is 1. The molecule has 0 fully saturated rings. The lowest BCUT2D eigenvalue weighted by molar-refractivity contribution is -0.116. The summed E-state index contributed by atoms with van der Waals surface area (Å²) in [5.41, 5.74) is 3.51. The van der Waals surface area contributed by atoms with Gasteiger partial charge in [0.1, 0.15) is 5.82 Å². The van der Waals surface area contributed by atoms with Crippen LogP contribution in [0.3, 0.4) is 0 Å². The number of carbonyl (C=O) groups excluding carboxylic acids is 1. The quantitative estimate of drug-likeness (QED) is 0.749. The first-order valence-corrected chi connectivity index (χ1v) is 5.83. The van der Waals surface area contributed by atoms with Gasteiger partial charge in [-0.2, -0.15) is 0 Å². The lowest BCUT2D eigenvalue weighted by Gasteiger charge is -2.17. The molecule has 0 bridgehead atoms. The highest BCUT2D eigenvalue weighted by Gasteiger charge is 2.28. The number of hydrogen-bond donors (Lipinski definition) is 0. The highest BCUT2D eigenvalue weighted by molar-refractivity contribution is 6.07. The van der Waals surface area contributed by atoms with E-state index in [1.165, 1.54) is 12.1 Å². The molecule has 0 saturated carbocycles. The van der Waals surface area contributed by atoms with E-state index in [9.17, 15) is 9.18 Å². The van der Waals surface area contributed by atoms with E-state index in [2.05, 4.69) is 0 Å². The minimum absolute atomic E-state index is 0.0144. The predicted molar refractivity (Wildman–Crippen MR) is 68.4 cm³/mol. The van der Waals surface area contributed by atoms with Crippen LogP contribution in [0, 0.1) is 12.7 Å². The molecular weight excluding hydrogens is 229 g/mol. The molecule has 0 spiro atoms. The summed E-state index contributed by atoms with van der Waals surface area (Å²) in [6, 6.07) is 12.2. The summed E-state index contributed by atoms with van der Waals surface area (Å²) in [5.74, 6) is -0.313. The van der Waals surface area contributed by atoms with E-state index in [0.717, 1.165) is 22.5 Å². The lowest BCUT2D eigenvalue weighted by atomic mass is 10.1. The van der Waals surface area contributed by atoms with E-state index < -0.39 is 0 Å². The zero-order chi connectivity index (χ0) is 12.7. The van der Waals surface area contributed by atoms with Gasteiger partial charge in [-0.1, -0.05) is 17.7 Å². The van der Waals surface area contributed by atoms with Crippen molar-refractivity contribution in [1.29, 1.82) is 0 Å². The van der Waals surface area contributed by atoms with Crippen molar-refractivity contribution >= 4 is 17.3 Å². The Labute approximate surface area is 105 Å². The summed E-state index contributed by atoms with van der Waals surface area (Å²) in [7, 11) is 0. The highest BCUT2D eigenvalue weighted by atomic mass is 19.1. The topological polar surface area (TPSA) is 20.3 Å². The van der Waals surface area contributed by atoms with Crippen molar-refractivity contribution in [2.24, 2.45) is 0 Å². The van der Waals surface area contributed by atoms with E-state index in [0.29, 0.717) is 0 Å². The molecule has 90 valence electrons. The number of anilines is 2. The third kappa shape index (κ3) is 1.68. The van der Waals surface area contributed by atoms with Crippen LogP contribution in [0.4, 0.5) is 15.8 Å². The Morgan fingerprint density at radius 3 is 2.56 bits per heavy atom. The normalized spacial score (nSPS) is 13.9. The summed E-state index contributed by atoms with van der Waals surface area (Å²) >= 11 is 0. The van der Waals surface area contributed by atoms with Gasteiger partial charge in [-0.25, -0.2) is 4.39 Å². The average molecular weight is 241 g/mol. The molecule has 0 saturated heterocycles. The molecule has 0 N–H and O–H groups in total. The van der Waals surface area contributed by atoms with Crippen LogP contribution in [-0.2, 0) is 11.2 Å². The van der Waals surface area contributed by atoms with Crippen molar-refractivity contribution in [2.75, 3.05) is 4.90 Å². The van der Waals surface area contributed by atoms with Gasteiger partial charge in [-0.05, 0) is 42.8 Å². The first-order chi connectivity index (χ1) is 8.65. The Kier molecular flexibility index (Phi) is 2.40. The SMILES string of the molecule is Cc1ccc(N2C(=O)Cc3cc(F)ccc32)cc1. The Balaban J connectivity index is 2.09. The molecule has 1 aliphatic rings. The molecule has 0 aromatic heterocycles. The van der Waals surface area contributed by atoms with Crippen LogP contribution in [0.25, 0.3) is 0 Å². The molecule has 1 amide bonds. The van der Waals surface area contributed by atoms with Crippen molar-refractivity contribution in [1.82, 2.24) is 0 Å². The maximum absolute atomic E-state index is 13.1. The maximum Gasteiger partial charge on any atom is 0.236 e. The van der Waals surface area contributed by atoms with Crippen LogP contribution in [0.2, 0.25) is 0 Å². The Morgan fingerprint density at radius 2 is 1.83 bits per heavy atom. The lowest BCUT2D eigenvalue weighted by Crippen LogP contribution is -2.20. The minimum atomic E-state index is -0.299. The van der Waals surface area contributed by atoms with Gasteiger partial charge in [0, 0.05) is 5.69 Å². The molecule has 2 nitrogen and oxygen atoms in total. The van der Waals surface area contributed by atoms with Crippen molar-refractivity contribution in [3.05, 3.63) is 59.4 Å². The summed E-state index contributed by atoms with van der Waals surface area (Å²) in [4.78, 5) is 13.7. The Bertz CT molecular complexity index is 619. The maximum atomic E-state index is 13.1. The molecule has 3 heteroatoms. The van der Waals surface area contributed by atoms with Crippen LogP contribution < -0.4 is 4.90 Å². The van der Waals surface area contributed by atoms with Gasteiger partial charge in [0.2, 0.25) is 5.91 Å². The fourth-order valence-corrected chi connectivity index (χ4v) is 2.27. The molecule has 1 heterocycles. The van der Waals surface area contributed by atoms with Gasteiger partial charge in [0.05, 0.1) is 12.1 Å². The van der Waals surface area contributed by atoms with Crippen molar-refractivity contribution in [3.63, 3.8) is 0 Å². The van der Waals surface area contributed by atoms with Gasteiger partial charge >= 0.3 is 0 Å². The number of halogens is 1. The Morgan fingerprint density at radius 1 is 1.11 bits per heavy atom. The number of fused-ring (bicyclic) bond motifs is 1. The fraction of sp³-hybridized carbons (Fsp3) is 0.133. The third-order valence-corrected chi connectivity index (χ3v) is 3.17. The first-order valence-electron chi connectivity index (χ1n) is 5.83. The van der Waals surface area contributed by atoms with Crippen LogP contribution in [0.5, 0.6) is 0 Å². The van der Waals surface area contributed by atoms with E-state index in [-0.39, 0.29) is 18.1 Å². The van der Waals surface area contributed by atoms with E-state index in [4.69, 9.17) is 0 Å². The van der Waals surface area contributed by atoms with Gasteiger partial charge in [-0.15, -0.1) is 0 Å². The van der Waals surface area contributed by atoms with Gasteiger partial charge < -0.3 is 0 Å². The second-order valence-corrected chi connectivity index (χ2v) is 4.51. The van der Waals surface area contributed by atoms with Crippen molar-refractivity contribution in [3.8, 4) is 0 Å². The van der Waals surface area contributed by atoms with Crippen LogP contribution in [0.1, 0.15) is 11.1 Å². The molecule has 18 heavy (non-hydrogen) atoms. The molecule has 0 atom stereocenters. The third-order valence-electron chi connectivity index (χ3n) is 3.17. The standard InChI is InChI=1S/C15H12FNO/c1-10-2-5-13(6-3-10)17-14-7-4-12(16)8-11(14)9-15(17)18/h2-8H,9H2,1H3. The number of benzene rings is 2. The number of nitrogens with zero attached hydrogens (tertiary/aromatic N) is 1. The zero-order valence-electron chi connectivity index (χ0n) is 9.98. The molecule has 2 aromatic rings. The molecule has 0 aliphatic carbocycles. The summed E-state index contributed by atoms with van der Waals surface area (Å²) in [6.45, 7) is 2.00. The minimum Gasteiger partial charge on any atom is -0.280 e. The Hall–Kier alpha value is -2.16. The predicted octanol–water partition coefficient (Wildman–Crippen LogP) is 3.35. The van der Waals surface area contributed by atoms with Gasteiger partial charge in [0.25, 0.3) is 0 Å². The first kappa shape index (κ1) is 11.0. The molecule has 0 radical (unpaired) electrons. The summed E-state index contributed by atoms with van der Waals surface area (Å²) in [6.07, 6.45) is 0.265. The van der Waals surface area contributed by atoms with E-state index in [1.807, 2.05) is 31.2 Å².